The minimum atomic E-state index is -1.46. The van der Waals surface area contributed by atoms with Gasteiger partial charge < -0.3 is 0 Å². The molecule has 3 rings (SSSR count). The summed E-state index contributed by atoms with van der Waals surface area (Å²) >= 11 is 0. The summed E-state index contributed by atoms with van der Waals surface area (Å²) in [6.45, 7) is 7.04. The van der Waals surface area contributed by atoms with Gasteiger partial charge in [0.25, 0.3) is 0 Å². The summed E-state index contributed by atoms with van der Waals surface area (Å²) < 4.78 is 0. The van der Waals surface area contributed by atoms with Gasteiger partial charge in [-0.15, -0.1) is 0 Å². The first kappa shape index (κ1) is 9.58. The first-order valence-corrected chi connectivity index (χ1v) is 9.39. The van der Waals surface area contributed by atoms with E-state index in [-0.39, 0.29) is 11.0 Å². The van der Waals surface area contributed by atoms with Crippen LogP contribution in [-0.2, 0) is 4.79 Å². The van der Waals surface area contributed by atoms with Crippen LogP contribution < -0.4 is 0 Å². The Labute approximate surface area is 92.3 Å². The summed E-state index contributed by atoms with van der Waals surface area (Å²) in [7, 11) is -1.46. The minimum absolute atomic E-state index is 0.0359. The predicted molar refractivity (Wildman–Crippen MR) is 64.4 cm³/mol. The van der Waals surface area contributed by atoms with Crippen LogP contribution in [0.4, 0.5) is 0 Å². The first-order valence-electron chi connectivity index (χ1n) is 5.89. The molecule has 2 bridgehead atoms. The van der Waals surface area contributed by atoms with Crippen LogP contribution in [0, 0.1) is 17.8 Å². The van der Waals surface area contributed by atoms with Crippen molar-refractivity contribution in [2.75, 3.05) is 0 Å². The van der Waals surface area contributed by atoms with E-state index in [1.54, 1.807) is 0 Å². The Morgan fingerprint density at radius 2 is 2.07 bits per heavy atom. The van der Waals surface area contributed by atoms with Crippen LogP contribution in [-0.4, -0.2) is 13.9 Å². The predicted octanol–water partition coefficient (Wildman–Crippen LogP) is 3.03. The largest absolute Gasteiger partial charge is 0.298 e. The van der Waals surface area contributed by atoms with E-state index >= 15 is 0 Å². The van der Waals surface area contributed by atoms with Crippen molar-refractivity contribution in [3.05, 3.63) is 24.3 Å². The summed E-state index contributed by atoms with van der Waals surface area (Å²) in [5.74, 6) is 1.90. The second-order valence-corrected chi connectivity index (χ2v) is 11.5. The Bertz CT molecular complexity index is 388. The molecule has 3 aliphatic carbocycles. The van der Waals surface area contributed by atoms with E-state index in [9.17, 15) is 4.79 Å². The SMILES string of the molecule is C[Si](C)(C)[C@@]12C=C[C@H](C1=O)C1C=CCC12. The fourth-order valence-corrected chi connectivity index (χ4v) is 6.94. The van der Waals surface area contributed by atoms with Crippen molar-refractivity contribution in [3.63, 3.8) is 0 Å². The number of fused-ring (bicyclic) bond motifs is 5. The van der Waals surface area contributed by atoms with Gasteiger partial charge in [0.05, 0.1) is 8.07 Å². The van der Waals surface area contributed by atoms with Crippen LogP contribution >= 0.6 is 0 Å². The summed E-state index contributed by atoms with van der Waals surface area (Å²) in [5, 5.41) is -0.0359. The van der Waals surface area contributed by atoms with Gasteiger partial charge in [0.15, 0.2) is 0 Å². The molecule has 0 amide bonds. The van der Waals surface area contributed by atoms with E-state index in [2.05, 4.69) is 43.9 Å². The number of allylic oxidation sites excluding steroid dienone is 4. The van der Waals surface area contributed by atoms with Crippen LogP contribution in [0.2, 0.25) is 24.7 Å². The molecule has 0 aromatic carbocycles. The van der Waals surface area contributed by atoms with Gasteiger partial charge in [-0.2, -0.15) is 0 Å². The molecule has 0 N–H and O–H groups in total. The van der Waals surface area contributed by atoms with Crippen molar-refractivity contribution < 1.29 is 4.79 Å². The molecule has 0 aromatic rings. The third-order valence-corrected chi connectivity index (χ3v) is 8.00. The fourth-order valence-electron chi connectivity index (χ4n) is 4.02. The molecule has 1 nitrogen and oxygen atoms in total. The Hall–Kier alpha value is -0.633. The van der Waals surface area contributed by atoms with Crippen LogP contribution in [0.3, 0.4) is 0 Å². The minimum Gasteiger partial charge on any atom is -0.298 e. The fraction of sp³-hybridized carbons (Fsp3) is 0.615. The van der Waals surface area contributed by atoms with Crippen molar-refractivity contribution >= 4 is 13.9 Å². The van der Waals surface area contributed by atoms with Crippen LogP contribution in [0.25, 0.3) is 0 Å². The highest BCUT2D eigenvalue weighted by atomic mass is 28.3. The molecule has 1 fully saturated rings. The molecule has 0 radical (unpaired) electrons. The summed E-state index contributed by atoms with van der Waals surface area (Å²) in [6, 6.07) is 0. The van der Waals surface area contributed by atoms with Crippen molar-refractivity contribution in [3.8, 4) is 0 Å². The molecule has 80 valence electrons. The first-order chi connectivity index (χ1) is 6.98. The van der Waals surface area contributed by atoms with Gasteiger partial charge in [-0.25, -0.2) is 0 Å². The number of rotatable bonds is 1. The molecule has 0 aliphatic heterocycles. The second kappa shape index (κ2) is 2.54. The van der Waals surface area contributed by atoms with Crippen molar-refractivity contribution in [1.29, 1.82) is 0 Å². The molecule has 4 atom stereocenters. The van der Waals surface area contributed by atoms with Gasteiger partial charge in [0.2, 0.25) is 0 Å². The van der Waals surface area contributed by atoms with Crippen LogP contribution in [0.15, 0.2) is 24.3 Å². The standard InChI is InChI=1S/C13H18OSi/c1-15(2,3)13-8-7-10(12(13)14)9-5-4-6-11(9)13/h4-5,7-11H,6H2,1-3H3/t9?,10-,11?,13+/m0/s1. The average Bonchev–Trinajstić information content (AvgIpc) is 2.74. The van der Waals surface area contributed by atoms with Gasteiger partial charge in [-0.1, -0.05) is 43.9 Å². The number of carbonyl (C=O) groups is 1. The van der Waals surface area contributed by atoms with Crippen molar-refractivity contribution in [2.24, 2.45) is 17.8 Å². The maximum Gasteiger partial charge on any atom is 0.147 e. The molecule has 3 aliphatic rings. The van der Waals surface area contributed by atoms with Gasteiger partial charge in [0.1, 0.15) is 5.78 Å². The molecule has 2 unspecified atom stereocenters. The van der Waals surface area contributed by atoms with E-state index in [1.807, 2.05) is 0 Å². The zero-order valence-electron chi connectivity index (χ0n) is 9.66. The molecule has 0 spiro atoms. The number of ketones is 1. The lowest BCUT2D eigenvalue weighted by atomic mass is 9.85. The van der Waals surface area contributed by atoms with Crippen molar-refractivity contribution in [1.82, 2.24) is 0 Å². The van der Waals surface area contributed by atoms with Crippen LogP contribution in [0.5, 0.6) is 0 Å². The molecule has 2 heteroatoms. The summed E-state index contributed by atoms with van der Waals surface area (Å²) in [4.78, 5) is 12.5. The van der Waals surface area contributed by atoms with E-state index in [1.165, 1.54) is 0 Å². The van der Waals surface area contributed by atoms with E-state index in [0.29, 0.717) is 17.6 Å². The van der Waals surface area contributed by atoms with Gasteiger partial charge >= 0.3 is 0 Å². The molecule has 0 saturated heterocycles. The highest BCUT2D eigenvalue weighted by Crippen LogP contribution is 2.66. The average molecular weight is 218 g/mol. The molecule has 1 saturated carbocycles. The topological polar surface area (TPSA) is 17.1 Å². The van der Waals surface area contributed by atoms with Crippen LogP contribution in [0.1, 0.15) is 6.42 Å². The molecular weight excluding hydrogens is 200 g/mol. The summed E-state index contributed by atoms with van der Waals surface area (Å²) in [5.41, 5.74) is 0. The second-order valence-electron chi connectivity index (χ2n) is 6.22. The quantitative estimate of drug-likeness (QED) is 0.488. The molecule has 0 heterocycles. The lowest BCUT2D eigenvalue weighted by Gasteiger charge is -2.41. The Morgan fingerprint density at radius 1 is 1.33 bits per heavy atom. The smallest absolute Gasteiger partial charge is 0.147 e. The highest BCUT2D eigenvalue weighted by molar-refractivity contribution is 6.83. The van der Waals surface area contributed by atoms with Gasteiger partial charge in [-0.3, -0.25) is 4.79 Å². The van der Waals surface area contributed by atoms with Gasteiger partial charge in [-0.05, 0) is 18.3 Å². The lowest BCUT2D eigenvalue weighted by molar-refractivity contribution is -0.120. The number of hydrogen-bond acceptors (Lipinski definition) is 1. The highest BCUT2D eigenvalue weighted by Gasteiger charge is 2.65. The van der Waals surface area contributed by atoms with Gasteiger partial charge in [0, 0.05) is 11.0 Å². The third-order valence-electron chi connectivity index (χ3n) is 4.73. The molecular formula is C13H18OSi. The van der Waals surface area contributed by atoms with E-state index < -0.39 is 8.07 Å². The molecule has 0 aromatic heterocycles. The summed E-state index contributed by atoms with van der Waals surface area (Å²) in [6.07, 6.45) is 10.2. The number of Topliss-reactive ketones (excluding diaryl/α,β-unsaturated/α-hetero) is 1. The Morgan fingerprint density at radius 3 is 2.73 bits per heavy atom. The normalized spacial score (nSPS) is 46.6. The lowest BCUT2D eigenvalue weighted by Crippen LogP contribution is -2.44. The monoisotopic (exact) mass is 218 g/mol. The Balaban J connectivity index is 2.16. The number of carbonyl (C=O) groups excluding carboxylic acids is 1. The third kappa shape index (κ3) is 0.877. The maximum atomic E-state index is 12.5. The number of hydrogen-bond donors (Lipinski definition) is 0. The maximum absolute atomic E-state index is 12.5. The Kier molecular flexibility index (Phi) is 1.62. The van der Waals surface area contributed by atoms with E-state index in [0.717, 1.165) is 6.42 Å². The molecule has 15 heavy (non-hydrogen) atoms. The van der Waals surface area contributed by atoms with E-state index in [4.69, 9.17) is 0 Å². The zero-order chi connectivity index (χ0) is 10.8. The van der Waals surface area contributed by atoms with Crippen molar-refractivity contribution in [2.45, 2.75) is 31.1 Å². The zero-order valence-corrected chi connectivity index (χ0v) is 10.7.